The Morgan fingerprint density at radius 3 is 2.55 bits per heavy atom. The van der Waals surface area contributed by atoms with Crippen LogP contribution in [0.3, 0.4) is 0 Å². The summed E-state index contributed by atoms with van der Waals surface area (Å²) >= 11 is 0. The third kappa shape index (κ3) is 5.77. The summed E-state index contributed by atoms with van der Waals surface area (Å²) < 4.78 is 39.1. The molecule has 3 aromatic rings. The lowest BCUT2D eigenvalue weighted by molar-refractivity contribution is 0.0526. The molecule has 0 bridgehead atoms. The number of piperidine rings is 1. The Balaban J connectivity index is 1.32. The first-order valence-corrected chi connectivity index (χ1v) is 15.4. The Kier molecular flexibility index (Phi) is 7.13. The second-order valence-corrected chi connectivity index (χ2v) is 12.9. The zero-order valence-electron chi connectivity index (χ0n) is 22.8. The number of ether oxygens (including phenoxy) is 1. The van der Waals surface area contributed by atoms with Crippen LogP contribution in [-0.2, 0) is 14.8 Å². The van der Waals surface area contributed by atoms with Crippen molar-refractivity contribution in [1.29, 1.82) is 0 Å². The lowest BCUT2D eigenvalue weighted by Gasteiger charge is -2.35. The van der Waals surface area contributed by atoms with E-state index in [4.69, 9.17) is 19.2 Å². The number of hydrogen-bond donors (Lipinski definition) is 2. The van der Waals surface area contributed by atoms with Gasteiger partial charge < -0.3 is 24.1 Å². The van der Waals surface area contributed by atoms with Crippen LogP contribution in [0.15, 0.2) is 28.7 Å². The topological polar surface area (TPSA) is 147 Å². The number of rotatable bonds is 8. The van der Waals surface area contributed by atoms with Crippen molar-refractivity contribution in [2.24, 2.45) is 5.41 Å². The van der Waals surface area contributed by atoms with Crippen LogP contribution in [0.25, 0.3) is 23.0 Å². The van der Waals surface area contributed by atoms with Crippen molar-refractivity contribution < 1.29 is 22.7 Å². The van der Waals surface area contributed by atoms with E-state index >= 15 is 0 Å². The summed E-state index contributed by atoms with van der Waals surface area (Å²) in [5, 5.41) is 17.8. The van der Waals surface area contributed by atoms with E-state index in [0.29, 0.717) is 48.3 Å². The second kappa shape index (κ2) is 10.6. The number of aliphatic hydroxyl groups excluding tert-OH is 1. The number of hydrogen-bond acceptors (Lipinski definition) is 11. The maximum absolute atomic E-state index is 12.3. The first-order valence-electron chi connectivity index (χ1n) is 13.8. The third-order valence-electron chi connectivity index (χ3n) is 7.99. The number of nitrogens with zero attached hydrogens (tertiary/aromatic N) is 6. The van der Waals surface area contributed by atoms with Gasteiger partial charge in [-0.1, -0.05) is 0 Å². The molecule has 0 radical (unpaired) electrons. The number of aromatic nitrogens is 4. The molecule has 0 amide bonds. The van der Waals surface area contributed by atoms with Gasteiger partial charge in [0.2, 0.25) is 21.9 Å². The van der Waals surface area contributed by atoms with Crippen LogP contribution in [0.1, 0.15) is 38.3 Å². The molecule has 2 N–H and O–H groups in total. The average molecular weight is 570 g/mol. The first kappa shape index (κ1) is 26.9. The van der Waals surface area contributed by atoms with E-state index in [-0.39, 0.29) is 17.7 Å². The van der Waals surface area contributed by atoms with E-state index in [1.807, 2.05) is 26.0 Å². The van der Waals surface area contributed by atoms with Crippen molar-refractivity contribution in [3.05, 3.63) is 30.0 Å². The highest BCUT2D eigenvalue weighted by Gasteiger charge is 2.44. The fraction of sp³-hybridized carbons (Fsp3) is 0.556. The number of aryl methyl sites for hydroxylation is 1. The van der Waals surface area contributed by atoms with Gasteiger partial charge in [-0.05, 0) is 69.2 Å². The summed E-state index contributed by atoms with van der Waals surface area (Å²) in [7, 11) is -3.67. The summed E-state index contributed by atoms with van der Waals surface area (Å²) in [6.07, 6.45) is 4.86. The van der Waals surface area contributed by atoms with Crippen molar-refractivity contribution in [3.8, 4) is 23.0 Å². The van der Waals surface area contributed by atoms with Crippen molar-refractivity contribution >= 4 is 27.3 Å². The maximum Gasteiger partial charge on any atom is 0.266 e. The molecule has 1 aromatic carbocycles. The molecule has 40 heavy (non-hydrogen) atoms. The van der Waals surface area contributed by atoms with Gasteiger partial charge in [-0.15, -0.1) is 10.2 Å². The molecule has 12 nitrogen and oxygen atoms in total. The van der Waals surface area contributed by atoms with Crippen LogP contribution < -0.4 is 14.5 Å². The van der Waals surface area contributed by atoms with Crippen LogP contribution in [0.4, 0.5) is 17.3 Å². The predicted octanol–water partition coefficient (Wildman–Crippen LogP) is 2.84. The number of anilines is 3. The molecule has 1 atom stereocenters. The molecule has 2 aromatic heterocycles. The number of morpholine rings is 1. The van der Waals surface area contributed by atoms with Gasteiger partial charge in [-0.2, -0.15) is 0 Å². The molecule has 1 aliphatic carbocycles. The molecule has 3 fully saturated rings. The highest BCUT2D eigenvalue weighted by molar-refractivity contribution is 7.92. The second-order valence-electron chi connectivity index (χ2n) is 11.1. The van der Waals surface area contributed by atoms with Crippen LogP contribution in [0.5, 0.6) is 0 Å². The van der Waals surface area contributed by atoms with Crippen molar-refractivity contribution in [2.75, 3.05) is 59.7 Å². The minimum atomic E-state index is -3.67. The lowest BCUT2D eigenvalue weighted by Crippen LogP contribution is -2.42. The average Bonchev–Trinajstić information content (AvgIpc) is 3.48. The van der Waals surface area contributed by atoms with Gasteiger partial charge in [0.25, 0.3) is 5.89 Å². The monoisotopic (exact) mass is 569 g/mol. The third-order valence-corrected chi connectivity index (χ3v) is 9.26. The highest BCUT2D eigenvalue weighted by atomic mass is 32.2. The van der Waals surface area contributed by atoms with Crippen molar-refractivity contribution in [2.45, 2.75) is 45.6 Å². The smallest absolute Gasteiger partial charge is 0.266 e. The zero-order valence-corrected chi connectivity index (χ0v) is 23.7. The summed E-state index contributed by atoms with van der Waals surface area (Å²) in [6.45, 7) is 7.25. The number of benzene rings is 1. The first-order chi connectivity index (χ1) is 19.2. The van der Waals surface area contributed by atoms with Crippen LogP contribution in [-0.4, -0.2) is 84.9 Å². The highest BCUT2D eigenvalue weighted by Crippen LogP contribution is 2.54. The zero-order chi connectivity index (χ0) is 27.9. The fourth-order valence-electron chi connectivity index (χ4n) is 5.53. The number of nitrogens with one attached hydrogen (secondary N) is 1. The molecular weight excluding hydrogens is 534 g/mol. The standard InChI is InChI=1S/C27H35N7O5S/c1-18-15-22(29-26(28-18)34-11-13-38-19(2)17-34)25-31-30-24(39-25)21-4-3-20(32-40(36,37)14-12-35)16-23(21)33-9-7-27(5-6-27)8-10-33/h3-4,15-16,19,32,35H,5-14,17H2,1-2H3/t19-/m1/s1. The Morgan fingerprint density at radius 2 is 1.82 bits per heavy atom. The SMILES string of the molecule is Cc1cc(-c2nnc(-c3ccc(NS(=O)(=O)CCO)cc3N3CCC4(CC3)CC4)o2)nc(N2CCO[C@H](C)C2)n1. The van der Waals surface area contributed by atoms with Gasteiger partial charge in [0, 0.05) is 31.9 Å². The van der Waals surface area contributed by atoms with Gasteiger partial charge in [0.1, 0.15) is 5.69 Å². The molecular formula is C27H35N7O5S. The minimum Gasteiger partial charge on any atom is -0.415 e. The summed E-state index contributed by atoms with van der Waals surface area (Å²) in [6, 6.07) is 7.11. The largest absolute Gasteiger partial charge is 0.415 e. The molecule has 4 heterocycles. The predicted molar refractivity (Wildman–Crippen MR) is 151 cm³/mol. The quantitative estimate of drug-likeness (QED) is 0.413. The van der Waals surface area contributed by atoms with E-state index in [1.54, 1.807) is 12.1 Å². The van der Waals surface area contributed by atoms with E-state index < -0.39 is 16.6 Å². The summed E-state index contributed by atoms with van der Waals surface area (Å²) in [5.74, 6) is 0.858. The van der Waals surface area contributed by atoms with Crippen LogP contribution in [0.2, 0.25) is 0 Å². The molecule has 1 spiro atoms. The Morgan fingerprint density at radius 1 is 1.05 bits per heavy atom. The van der Waals surface area contributed by atoms with Crippen molar-refractivity contribution in [3.63, 3.8) is 0 Å². The molecule has 2 aliphatic heterocycles. The summed E-state index contributed by atoms with van der Waals surface area (Å²) in [4.78, 5) is 13.7. The molecule has 0 unspecified atom stereocenters. The Hall–Kier alpha value is -3.29. The molecule has 3 aliphatic rings. The lowest BCUT2D eigenvalue weighted by atomic mass is 9.93. The molecule has 1 saturated carbocycles. The number of sulfonamides is 1. The van der Waals surface area contributed by atoms with Gasteiger partial charge in [-0.25, -0.2) is 18.4 Å². The normalized spacial score (nSPS) is 20.6. The van der Waals surface area contributed by atoms with Crippen molar-refractivity contribution in [1.82, 2.24) is 20.2 Å². The van der Waals surface area contributed by atoms with Gasteiger partial charge >= 0.3 is 0 Å². The van der Waals surface area contributed by atoms with Gasteiger partial charge in [0.15, 0.2) is 0 Å². The Bertz CT molecular complexity index is 1480. The molecule has 13 heteroatoms. The fourth-order valence-corrected chi connectivity index (χ4v) is 6.36. The van der Waals surface area contributed by atoms with E-state index in [2.05, 4.69) is 29.7 Å². The van der Waals surface area contributed by atoms with E-state index in [1.165, 1.54) is 12.8 Å². The maximum atomic E-state index is 12.3. The van der Waals surface area contributed by atoms with E-state index in [0.717, 1.165) is 42.9 Å². The van der Waals surface area contributed by atoms with Gasteiger partial charge in [0.05, 0.1) is 42.0 Å². The molecule has 214 valence electrons. The number of aliphatic hydroxyl groups is 1. The van der Waals surface area contributed by atoms with E-state index in [9.17, 15) is 8.42 Å². The minimum absolute atomic E-state index is 0.0930. The van der Waals surface area contributed by atoms with Gasteiger partial charge in [-0.3, -0.25) is 4.72 Å². The van der Waals surface area contributed by atoms with Crippen LogP contribution >= 0.6 is 0 Å². The molecule has 2 saturated heterocycles. The Labute approximate surface area is 233 Å². The summed E-state index contributed by atoms with van der Waals surface area (Å²) in [5.41, 5.74) is 3.80. The molecule has 6 rings (SSSR count). The van der Waals surface area contributed by atoms with Crippen LogP contribution in [0, 0.1) is 12.3 Å².